The zero-order chi connectivity index (χ0) is 10.4. The molecule has 0 amide bonds. The number of aliphatic hydroxyl groups excluding tert-OH is 1. The third-order valence-corrected chi connectivity index (χ3v) is 6.59. The van der Waals surface area contributed by atoms with Gasteiger partial charge in [-0.2, -0.15) is 4.31 Å². The summed E-state index contributed by atoms with van der Waals surface area (Å²) in [7, 11) is -3.16. The van der Waals surface area contributed by atoms with Crippen LogP contribution in [0.3, 0.4) is 0 Å². The molecule has 14 heavy (non-hydrogen) atoms. The van der Waals surface area contributed by atoms with Gasteiger partial charge in [-0.15, -0.1) is 0 Å². The number of rotatable bonds is 4. The number of sulfonamides is 1. The van der Waals surface area contributed by atoms with Crippen molar-refractivity contribution in [2.45, 2.75) is 23.7 Å². The Balaban J connectivity index is 2.12. The lowest BCUT2D eigenvalue weighted by molar-refractivity contribution is 0.0540. The molecule has 0 atom stereocenters. The molecule has 82 valence electrons. The molecule has 1 saturated carbocycles. The van der Waals surface area contributed by atoms with Gasteiger partial charge in [0.25, 0.3) is 0 Å². The molecule has 2 rings (SSSR count). The van der Waals surface area contributed by atoms with Crippen molar-refractivity contribution in [2.75, 3.05) is 18.8 Å². The first-order valence-corrected chi connectivity index (χ1v) is 7.33. The highest BCUT2D eigenvalue weighted by molar-refractivity contribution is 7.98. The van der Waals surface area contributed by atoms with Gasteiger partial charge in [0, 0.05) is 18.8 Å². The van der Waals surface area contributed by atoms with E-state index < -0.39 is 20.9 Å². The van der Waals surface area contributed by atoms with Crippen LogP contribution in [-0.4, -0.2) is 53.4 Å². The van der Waals surface area contributed by atoms with E-state index in [0.29, 0.717) is 5.75 Å². The molecule has 1 aliphatic carbocycles. The van der Waals surface area contributed by atoms with Crippen molar-refractivity contribution in [3.05, 3.63) is 0 Å². The van der Waals surface area contributed by atoms with E-state index in [1.54, 1.807) is 0 Å². The van der Waals surface area contributed by atoms with Gasteiger partial charge >= 0.3 is 0 Å². The average Bonchev–Trinajstić information content (AvgIpc) is 2.81. The first kappa shape index (κ1) is 10.6. The van der Waals surface area contributed by atoms with E-state index in [1.807, 2.05) is 0 Å². The minimum atomic E-state index is -3.16. The maximum atomic E-state index is 12.0. The highest BCUT2D eigenvalue weighted by Gasteiger charge is 2.57. The molecule has 0 radical (unpaired) electrons. The Bertz CT molecular complexity index is 342. The van der Waals surface area contributed by atoms with Gasteiger partial charge in [-0.25, -0.2) is 19.8 Å². The molecule has 1 aliphatic heterocycles. The van der Waals surface area contributed by atoms with Gasteiger partial charge in [-0.05, 0) is 12.8 Å². The molecule has 4 nitrogen and oxygen atoms in total. The van der Waals surface area contributed by atoms with E-state index in [2.05, 4.69) is 5.87 Å². The average molecular weight is 237 g/mol. The van der Waals surface area contributed by atoms with Crippen LogP contribution in [0.5, 0.6) is 0 Å². The van der Waals surface area contributed by atoms with Crippen LogP contribution in [-0.2, 0) is 10.0 Å². The number of hydrogen-bond acceptors (Lipinski definition) is 3. The third kappa shape index (κ3) is 1.44. The molecule has 0 aromatic heterocycles. The molecule has 0 spiro atoms. The van der Waals surface area contributed by atoms with Crippen LogP contribution in [0.1, 0.15) is 12.8 Å². The summed E-state index contributed by atoms with van der Waals surface area (Å²) in [5.41, 5.74) is 0. The highest BCUT2D eigenvalue weighted by Crippen LogP contribution is 2.47. The summed E-state index contributed by atoms with van der Waals surface area (Å²) < 4.78 is 24.9. The lowest BCUT2D eigenvalue weighted by Gasteiger charge is -2.37. The van der Waals surface area contributed by atoms with Gasteiger partial charge in [-0.3, -0.25) is 0 Å². The Kier molecular flexibility index (Phi) is 2.50. The number of thiol groups is 1. The molecule has 2 fully saturated rings. The fourth-order valence-electron chi connectivity index (χ4n) is 1.73. The van der Waals surface area contributed by atoms with Gasteiger partial charge in [0.2, 0.25) is 10.0 Å². The molecule has 0 aromatic carbocycles. The van der Waals surface area contributed by atoms with Gasteiger partial charge in [-0.1, -0.05) is 5.87 Å². The van der Waals surface area contributed by atoms with Crippen LogP contribution in [0.4, 0.5) is 0 Å². The fourth-order valence-corrected chi connectivity index (χ4v) is 5.28. The molecule has 0 aromatic rings. The zero-order valence-electron chi connectivity index (χ0n) is 7.89. The van der Waals surface area contributed by atoms with Crippen LogP contribution in [0.25, 0.3) is 0 Å². The maximum Gasteiger partial charge on any atom is 0.220 e. The Labute approximate surface area is 87.9 Å². The first-order chi connectivity index (χ1) is 6.52. The smallest absolute Gasteiger partial charge is 0.220 e. The molecule has 0 bridgehead atoms. The maximum absolute atomic E-state index is 12.0. The molecule has 1 heterocycles. The summed E-state index contributed by atoms with van der Waals surface area (Å²) >= 11 is 0.886. The second-order valence-electron chi connectivity index (χ2n) is 4.04. The molecule has 1 N–H and O–H groups in total. The molecule has 0 unspecified atom stereocenters. The summed E-state index contributed by atoms with van der Waals surface area (Å²) in [5, 5.41) is 9.08. The summed E-state index contributed by atoms with van der Waals surface area (Å²) in [6.07, 6.45) is 1.05. The van der Waals surface area contributed by atoms with Crippen molar-refractivity contribution in [2.24, 2.45) is 0 Å². The predicted octanol–water partition coefficient (Wildman–Crippen LogP) is -0.577. The van der Waals surface area contributed by atoms with Gasteiger partial charge in [0.05, 0.1) is 10.9 Å². The van der Waals surface area contributed by atoms with Gasteiger partial charge in [0.1, 0.15) is 0 Å². The van der Waals surface area contributed by atoms with Crippen molar-refractivity contribution in [1.29, 1.82) is 0 Å². The summed E-state index contributed by atoms with van der Waals surface area (Å²) in [6.45, 7) is 0.552. The normalized spacial score (nSPS) is 27.2. The van der Waals surface area contributed by atoms with Crippen molar-refractivity contribution in [3.63, 3.8) is 0 Å². The fraction of sp³-hybridized carbons (Fsp3) is 0.875. The summed E-state index contributed by atoms with van der Waals surface area (Å²) in [6, 6.07) is 0. The van der Waals surface area contributed by atoms with Crippen molar-refractivity contribution >= 4 is 27.2 Å². The van der Waals surface area contributed by atoms with Crippen LogP contribution in [0, 0.1) is 0 Å². The van der Waals surface area contributed by atoms with E-state index >= 15 is 0 Å². The van der Waals surface area contributed by atoms with Crippen LogP contribution in [0.2, 0.25) is 0 Å². The quantitative estimate of drug-likeness (QED) is 0.508. The van der Waals surface area contributed by atoms with E-state index in [1.165, 1.54) is 4.31 Å². The number of β-amino-alcohol motifs (C(OH)–C–C–N with tert-alkyl or cyclic N) is 1. The monoisotopic (exact) mass is 237 g/mol. The standard InChI is InChI=1S/C8H15NO3S2/c1-13-6-8(2-3-8)14(11,12)9-4-7(10)5-9/h7,10,13H,1-6H2. The first-order valence-electron chi connectivity index (χ1n) is 4.62. The van der Waals surface area contributed by atoms with Gasteiger partial charge in [0.15, 0.2) is 0 Å². The SMILES string of the molecule is C=[SH]CC1(S(=O)(=O)N2CC(O)C2)CC1. The Morgan fingerprint density at radius 1 is 1.50 bits per heavy atom. The second kappa shape index (κ2) is 3.30. The van der Waals surface area contributed by atoms with Crippen molar-refractivity contribution in [3.8, 4) is 0 Å². The lowest BCUT2D eigenvalue weighted by atomic mass is 10.2. The lowest BCUT2D eigenvalue weighted by Crippen LogP contribution is -2.56. The number of nitrogens with zero attached hydrogens (tertiary/aromatic N) is 1. The van der Waals surface area contributed by atoms with Crippen molar-refractivity contribution < 1.29 is 13.5 Å². The molecule has 1 saturated heterocycles. The third-order valence-electron chi connectivity index (χ3n) is 2.92. The minimum Gasteiger partial charge on any atom is -0.390 e. The Morgan fingerprint density at radius 2 is 2.07 bits per heavy atom. The molecule has 2 aliphatic rings. The number of aliphatic hydroxyl groups is 1. The minimum absolute atomic E-state index is 0.276. The molecular weight excluding hydrogens is 222 g/mol. The predicted molar refractivity (Wildman–Crippen MR) is 59.4 cm³/mol. The molecular formula is C8H15NO3S2. The Morgan fingerprint density at radius 3 is 2.43 bits per heavy atom. The van der Waals surface area contributed by atoms with E-state index in [4.69, 9.17) is 5.11 Å². The largest absolute Gasteiger partial charge is 0.390 e. The van der Waals surface area contributed by atoms with E-state index in [0.717, 1.165) is 24.2 Å². The second-order valence-corrected chi connectivity index (χ2v) is 7.14. The van der Waals surface area contributed by atoms with Crippen molar-refractivity contribution in [1.82, 2.24) is 4.31 Å². The highest BCUT2D eigenvalue weighted by atomic mass is 32.2. The topological polar surface area (TPSA) is 57.6 Å². The Hall–Kier alpha value is 0.0900. The summed E-state index contributed by atoms with van der Waals surface area (Å²) in [5.74, 6) is 4.31. The summed E-state index contributed by atoms with van der Waals surface area (Å²) in [4.78, 5) is 0. The van der Waals surface area contributed by atoms with Gasteiger partial charge < -0.3 is 5.11 Å². The van der Waals surface area contributed by atoms with Crippen LogP contribution >= 0.6 is 11.4 Å². The molecule has 6 heteroatoms. The van der Waals surface area contributed by atoms with E-state index in [9.17, 15) is 8.42 Å². The van der Waals surface area contributed by atoms with Crippen LogP contribution in [0.15, 0.2) is 0 Å². The zero-order valence-corrected chi connectivity index (χ0v) is 9.60. The number of hydrogen-bond donors (Lipinski definition) is 2. The van der Waals surface area contributed by atoms with E-state index in [-0.39, 0.29) is 13.1 Å². The van der Waals surface area contributed by atoms with Crippen LogP contribution < -0.4 is 0 Å².